The molecule has 1 N–H and O–H groups in total. The van der Waals surface area contributed by atoms with E-state index in [2.05, 4.69) is 22.7 Å². The van der Waals surface area contributed by atoms with Gasteiger partial charge in [0.1, 0.15) is 12.4 Å². The van der Waals surface area contributed by atoms with Crippen LogP contribution in [0.2, 0.25) is 5.02 Å². The molecule has 170 valence electrons. The Kier molecular flexibility index (Phi) is 8.38. The number of hydrogen-bond acceptors (Lipinski definition) is 4. The predicted octanol–water partition coefficient (Wildman–Crippen LogP) is 6.98. The summed E-state index contributed by atoms with van der Waals surface area (Å²) in [7, 11) is 0. The van der Waals surface area contributed by atoms with Crippen LogP contribution in [-0.2, 0) is 12.4 Å². The van der Waals surface area contributed by atoms with Crippen molar-refractivity contribution in [2.75, 3.05) is 0 Å². The van der Waals surface area contributed by atoms with Crippen LogP contribution in [0.3, 0.4) is 0 Å². The number of ether oxygens (including phenoxy) is 1. The molecule has 0 aliphatic heterocycles. The second-order valence-electron chi connectivity index (χ2n) is 7.45. The van der Waals surface area contributed by atoms with E-state index in [0.717, 1.165) is 28.2 Å². The highest BCUT2D eigenvalue weighted by Crippen LogP contribution is 2.22. The first-order valence-electron chi connectivity index (χ1n) is 10.7. The van der Waals surface area contributed by atoms with Crippen molar-refractivity contribution in [3.63, 3.8) is 0 Å². The van der Waals surface area contributed by atoms with Gasteiger partial charge in [-0.25, -0.2) is 5.43 Å². The topological polar surface area (TPSA) is 50.7 Å². The molecule has 0 aliphatic carbocycles. The number of carbonyl (C=O) groups is 1. The summed E-state index contributed by atoms with van der Waals surface area (Å²) in [6.07, 6.45) is 1.60. The van der Waals surface area contributed by atoms with E-state index in [9.17, 15) is 4.79 Å². The summed E-state index contributed by atoms with van der Waals surface area (Å²) in [6, 6.07) is 32.9. The van der Waals surface area contributed by atoms with Gasteiger partial charge in [0.15, 0.2) is 0 Å². The molecule has 0 atom stereocenters. The van der Waals surface area contributed by atoms with Gasteiger partial charge in [-0.15, -0.1) is 11.8 Å². The van der Waals surface area contributed by atoms with E-state index in [1.165, 1.54) is 4.90 Å². The van der Waals surface area contributed by atoms with E-state index in [1.54, 1.807) is 18.0 Å². The van der Waals surface area contributed by atoms with Gasteiger partial charge in [0.05, 0.1) is 6.21 Å². The zero-order valence-corrected chi connectivity index (χ0v) is 19.9. The number of hydrogen-bond donors (Lipinski definition) is 1. The SMILES string of the molecule is O=C(N/N=C\c1ccc(OCc2ccccc2Cl)cc1)c1ccc(CSc2ccccc2)cc1. The Morgan fingerprint density at radius 1 is 0.882 bits per heavy atom. The van der Waals surface area contributed by atoms with E-state index in [4.69, 9.17) is 16.3 Å². The number of nitrogens with one attached hydrogen (secondary N) is 1. The number of nitrogens with zero attached hydrogens (tertiary/aromatic N) is 1. The standard InChI is InChI=1S/C28H23ClN2O2S/c29-27-9-5-4-6-24(27)19-33-25-16-12-21(13-17-25)18-30-31-28(32)23-14-10-22(11-15-23)20-34-26-7-2-1-3-8-26/h1-18H,19-20H2,(H,31,32)/b30-18-. The average molecular weight is 487 g/mol. The van der Waals surface area contributed by atoms with Crippen molar-refractivity contribution in [3.05, 3.63) is 130 Å². The number of amides is 1. The summed E-state index contributed by atoms with van der Waals surface area (Å²) in [4.78, 5) is 13.6. The van der Waals surface area contributed by atoms with Crippen molar-refractivity contribution in [3.8, 4) is 5.75 Å². The quantitative estimate of drug-likeness (QED) is 0.158. The molecule has 0 heterocycles. The largest absolute Gasteiger partial charge is 0.489 e. The third kappa shape index (κ3) is 6.98. The molecule has 0 aromatic heterocycles. The van der Waals surface area contributed by atoms with Crippen molar-refractivity contribution in [2.24, 2.45) is 5.10 Å². The van der Waals surface area contributed by atoms with Crippen LogP contribution in [0.15, 0.2) is 113 Å². The number of benzene rings is 4. The molecule has 0 aliphatic rings. The first-order chi connectivity index (χ1) is 16.7. The van der Waals surface area contributed by atoms with Crippen LogP contribution in [-0.4, -0.2) is 12.1 Å². The number of rotatable bonds is 9. The summed E-state index contributed by atoms with van der Waals surface area (Å²) in [5.41, 5.74) is 6.07. The maximum absolute atomic E-state index is 12.4. The summed E-state index contributed by atoms with van der Waals surface area (Å²) in [6.45, 7) is 0.396. The molecule has 6 heteroatoms. The smallest absolute Gasteiger partial charge is 0.271 e. The highest BCUT2D eigenvalue weighted by Gasteiger charge is 2.05. The van der Waals surface area contributed by atoms with E-state index >= 15 is 0 Å². The van der Waals surface area contributed by atoms with E-state index in [1.807, 2.05) is 91.0 Å². The fraction of sp³-hybridized carbons (Fsp3) is 0.0714. The summed E-state index contributed by atoms with van der Waals surface area (Å²) < 4.78 is 5.78. The normalized spacial score (nSPS) is 10.9. The van der Waals surface area contributed by atoms with E-state index in [-0.39, 0.29) is 5.91 Å². The molecule has 34 heavy (non-hydrogen) atoms. The Labute approximate surface area is 208 Å². The molecular weight excluding hydrogens is 464 g/mol. The van der Waals surface area contributed by atoms with Gasteiger partial charge in [-0.1, -0.05) is 60.1 Å². The zero-order chi connectivity index (χ0) is 23.6. The highest BCUT2D eigenvalue weighted by atomic mass is 35.5. The van der Waals surface area contributed by atoms with Crippen LogP contribution in [0, 0.1) is 0 Å². The Hall–Kier alpha value is -3.54. The molecular formula is C28H23ClN2O2S. The Bertz CT molecular complexity index is 1240. The maximum atomic E-state index is 12.4. The molecule has 0 radical (unpaired) electrons. The lowest BCUT2D eigenvalue weighted by atomic mass is 10.1. The minimum atomic E-state index is -0.252. The van der Waals surface area contributed by atoms with Crippen molar-refractivity contribution >= 4 is 35.5 Å². The first kappa shape index (κ1) is 23.6. The van der Waals surface area contributed by atoms with Crippen molar-refractivity contribution in [1.82, 2.24) is 5.43 Å². The lowest BCUT2D eigenvalue weighted by Crippen LogP contribution is -2.17. The Morgan fingerprint density at radius 3 is 2.32 bits per heavy atom. The molecule has 4 nitrogen and oxygen atoms in total. The molecule has 4 aromatic carbocycles. The molecule has 0 fully saturated rings. The Balaban J connectivity index is 1.24. The molecule has 0 saturated heterocycles. The van der Waals surface area contributed by atoms with Gasteiger partial charge in [-0.3, -0.25) is 4.79 Å². The zero-order valence-electron chi connectivity index (χ0n) is 18.4. The van der Waals surface area contributed by atoms with Gasteiger partial charge in [0, 0.05) is 26.8 Å². The number of hydrazone groups is 1. The third-order valence-corrected chi connectivity index (χ3v) is 6.43. The van der Waals surface area contributed by atoms with Gasteiger partial charge in [0.2, 0.25) is 0 Å². The van der Waals surface area contributed by atoms with Crippen LogP contribution < -0.4 is 10.2 Å². The monoisotopic (exact) mass is 486 g/mol. The van der Waals surface area contributed by atoms with Crippen LogP contribution in [0.1, 0.15) is 27.0 Å². The van der Waals surface area contributed by atoms with Gasteiger partial charge < -0.3 is 4.74 Å². The lowest BCUT2D eigenvalue weighted by molar-refractivity contribution is 0.0955. The predicted molar refractivity (Wildman–Crippen MR) is 140 cm³/mol. The average Bonchev–Trinajstić information content (AvgIpc) is 2.88. The maximum Gasteiger partial charge on any atom is 0.271 e. The second kappa shape index (κ2) is 12.1. The fourth-order valence-electron chi connectivity index (χ4n) is 3.09. The first-order valence-corrected chi connectivity index (χ1v) is 12.1. The summed E-state index contributed by atoms with van der Waals surface area (Å²) >= 11 is 7.92. The summed E-state index contributed by atoms with van der Waals surface area (Å²) in [5, 5.41) is 4.75. The minimum absolute atomic E-state index is 0.252. The molecule has 0 unspecified atom stereocenters. The fourth-order valence-corrected chi connectivity index (χ4v) is 4.16. The third-order valence-electron chi connectivity index (χ3n) is 4.98. The Morgan fingerprint density at radius 2 is 1.59 bits per heavy atom. The minimum Gasteiger partial charge on any atom is -0.489 e. The number of carbonyl (C=O) groups excluding carboxylic acids is 1. The van der Waals surface area contributed by atoms with Crippen molar-refractivity contribution in [2.45, 2.75) is 17.3 Å². The van der Waals surface area contributed by atoms with Gasteiger partial charge >= 0.3 is 0 Å². The molecule has 4 rings (SSSR count). The molecule has 4 aromatic rings. The second-order valence-corrected chi connectivity index (χ2v) is 8.90. The molecule has 0 bridgehead atoms. The van der Waals surface area contributed by atoms with Crippen LogP contribution in [0.5, 0.6) is 5.75 Å². The van der Waals surface area contributed by atoms with Crippen molar-refractivity contribution < 1.29 is 9.53 Å². The van der Waals surface area contributed by atoms with Crippen molar-refractivity contribution in [1.29, 1.82) is 0 Å². The van der Waals surface area contributed by atoms with Crippen LogP contribution >= 0.6 is 23.4 Å². The molecule has 1 amide bonds. The number of halogens is 1. The van der Waals surface area contributed by atoms with Gasteiger partial charge in [-0.05, 0) is 65.7 Å². The molecule has 0 saturated carbocycles. The highest BCUT2D eigenvalue weighted by molar-refractivity contribution is 7.98. The van der Waals surface area contributed by atoms with Gasteiger partial charge in [0.25, 0.3) is 5.91 Å². The van der Waals surface area contributed by atoms with E-state index < -0.39 is 0 Å². The number of thioether (sulfide) groups is 1. The van der Waals surface area contributed by atoms with E-state index in [0.29, 0.717) is 17.2 Å². The van der Waals surface area contributed by atoms with Gasteiger partial charge in [-0.2, -0.15) is 5.10 Å². The van der Waals surface area contributed by atoms with Crippen LogP contribution in [0.25, 0.3) is 0 Å². The summed E-state index contributed by atoms with van der Waals surface area (Å²) in [5.74, 6) is 1.33. The lowest BCUT2D eigenvalue weighted by Gasteiger charge is -2.07. The van der Waals surface area contributed by atoms with Crippen LogP contribution in [0.4, 0.5) is 0 Å². The molecule has 0 spiro atoms.